The van der Waals surface area contributed by atoms with Crippen molar-refractivity contribution in [3.05, 3.63) is 107 Å². The quantitative estimate of drug-likeness (QED) is 0.452. The van der Waals surface area contributed by atoms with Crippen LogP contribution in [0.5, 0.6) is 0 Å². The summed E-state index contributed by atoms with van der Waals surface area (Å²) in [6.45, 7) is 0. The van der Waals surface area contributed by atoms with Gasteiger partial charge in [0.15, 0.2) is 5.13 Å². The van der Waals surface area contributed by atoms with Crippen LogP contribution in [0.3, 0.4) is 0 Å². The van der Waals surface area contributed by atoms with E-state index in [1.807, 2.05) is 66.7 Å². The van der Waals surface area contributed by atoms with Crippen LogP contribution in [0.1, 0.15) is 27.2 Å². The van der Waals surface area contributed by atoms with Gasteiger partial charge in [-0.05, 0) is 47.4 Å². The Morgan fingerprint density at radius 1 is 0.806 bits per heavy atom. The molecule has 7 heteroatoms. The van der Waals surface area contributed by atoms with Gasteiger partial charge in [0.2, 0.25) is 5.91 Å². The fraction of sp³-hybridized carbons (Fsp3) is 0.0833. The number of carbonyl (C=O) groups excluding carboxylic acids is 2. The van der Waals surface area contributed by atoms with Gasteiger partial charge in [-0.1, -0.05) is 42.5 Å². The third-order valence-corrected chi connectivity index (χ3v) is 5.32. The number of anilines is 2. The highest BCUT2D eigenvalue weighted by atomic mass is 32.1. The van der Waals surface area contributed by atoms with Crippen LogP contribution in [0.25, 0.3) is 0 Å². The van der Waals surface area contributed by atoms with E-state index in [9.17, 15) is 9.59 Å². The summed E-state index contributed by atoms with van der Waals surface area (Å²) in [7, 11) is 0. The van der Waals surface area contributed by atoms with Crippen molar-refractivity contribution in [3.63, 3.8) is 0 Å². The number of aromatic nitrogens is 2. The molecule has 4 aromatic rings. The second kappa shape index (κ2) is 9.77. The standard InChI is InChI=1S/C24H20N4O2S/c29-22(15-17-4-2-1-3-5-17)28-24-27-21(16-31-24)23(30)26-20-8-6-18(7-9-20)14-19-10-12-25-13-11-19/h1-13,16H,14-15H2,(H,26,30)(H,27,28,29). The van der Waals surface area contributed by atoms with Crippen LogP contribution < -0.4 is 10.6 Å². The van der Waals surface area contributed by atoms with Crippen molar-refractivity contribution in [2.75, 3.05) is 10.6 Å². The molecule has 0 aliphatic carbocycles. The second-order valence-electron chi connectivity index (χ2n) is 6.93. The first-order valence-electron chi connectivity index (χ1n) is 9.74. The Morgan fingerprint density at radius 3 is 2.26 bits per heavy atom. The molecule has 154 valence electrons. The third kappa shape index (κ3) is 5.83. The van der Waals surface area contributed by atoms with Gasteiger partial charge in [0.1, 0.15) is 5.69 Å². The monoisotopic (exact) mass is 428 g/mol. The van der Waals surface area contributed by atoms with Gasteiger partial charge in [0.05, 0.1) is 6.42 Å². The lowest BCUT2D eigenvalue weighted by atomic mass is 10.1. The Bertz CT molecular complexity index is 1160. The summed E-state index contributed by atoms with van der Waals surface area (Å²) in [6.07, 6.45) is 4.61. The van der Waals surface area contributed by atoms with E-state index >= 15 is 0 Å². The van der Waals surface area contributed by atoms with Crippen molar-refractivity contribution in [1.82, 2.24) is 9.97 Å². The van der Waals surface area contributed by atoms with Crippen LogP contribution in [-0.2, 0) is 17.6 Å². The Kier molecular flexibility index (Phi) is 6.44. The largest absolute Gasteiger partial charge is 0.321 e. The van der Waals surface area contributed by atoms with E-state index in [4.69, 9.17) is 0 Å². The average Bonchev–Trinajstić information content (AvgIpc) is 3.25. The van der Waals surface area contributed by atoms with Crippen molar-refractivity contribution in [1.29, 1.82) is 0 Å². The summed E-state index contributed by atoms with van der Waals surface area (Å²) in [6, 6.07) is 21.1. The van der Waals surface area contributed by atoms with Crippen molar-refractivity contribution < 1.29 is 9.59 Å². The molecular formula is C24H20N4O2S. The number of rotatable bonds is 7. The lowest BCUT2D eigenvalue weighted by molar-refractivity contribution is -0.115. The molecule has 2 amide bonds. The lowest BCUT2D eigenvalue weighted by Crippen LogP contribution is -2.15. The normalized spacial score (nSPS) is 10.5. The fourth-order valence-corrected chi connectivity index (χ4v) is 3.72. The lowest BCUT2D eigenvalue weighted by Gasteiger charge is -2.06. The molecule has 0 saturated carbocycles. The predicted molar refractivity (Wildman–Crippen MR) is 122 cm³/mol. The first-order valence-corrected chi connectivity index (χ1v) is 10.6. The molecule has 4 rings (SSSR count). The Balaban J connectivity index is 1.32. The zero-order valence-electron chi connectivity index (χ0n) is 16.6. The van der Waals surface area contributed by atoms with Crippen LogP contribution in [0, 0.1) is 0 Å². The molecule has 0 saturated heterocycles. The Labute approximate surface area is 184 Å². The predicted octanol–water partition coefficient (Wildman–Crippen LogP) is 4.56. The topological polar surface area (TPSA) is 84.0 Å². The number of nitrogens with one attached hydrogen (secondary N) is 2. The van der Waals surface area contributed by atoms with E-state index < -0.39 is 0 Å². The van der Waals surface area contributed by atoms with Crippen LogP contribution in [0.15, 0.2) is 84.5 Å². The zero-order chi connectivity index (χ0) is 21.5. The molecule has 0 radical (unpaired) electrons. The second-order valence-corrected chi connectivity index (χ2v) is 7.79. The summed E-state index contributed by atoms with van der Waals surface area (Å²) < 4.78 is 0. The maximum atomic E-state index is 12.5. The van der Waals surface area contributed by atoms with E-state index in [-0.39, 0.29) is 23.9 Å². The Hall–Kier alpha value is -3.84. The number of hydrogen-bond acceptors (Lipinski definition) is 5. The van der Waals surface area contributed by atoms with E-state index in [0.29, 0.717) is 10.8 Å². The highest BCUT2D eigenvalue weighted by Crippen LogP contribution is 2.18. The van der Waals surface area contributed by atoms with E-state index in [1.54, 1.807) is 17.8 Å². The van der Waals surface area contributed by atoms with Gasteiger partial charge in [0.25, 0.3) is 5.91 Å². The minimum atomic E-state index is -0.318. The number of carbonyl (C=O) groups is 2. The number of pyridine rings is 1. The van der Waals surface area contributed by atoms with Crippen molar-refractivity contribution >= 4 is 34.0 Å². The third-order valence-electron chi connectivity index (χ3n) is 4.56. The molecule has 0 aliphatic rings. The number of nitrogens with zero attached hydrogens (tertiary/aromatic N) is 2. The maximum Gasteiger partial charge on any atom is 0.275 e. The molecule has 0 bridgehead atoms. The SMILES string of the molecule is O=C(Cc1ccccc1)Nc1nc(C(=O)Nc2ccc(Cc3ccncc3)cc2)cs1. The average molecular weight is 429 g/mol. The summed E-state index contributed by atoms with van der Waals surface area (Å²) in [5.74, 6) is -0.487. The summed E-state index contributed by atoms with van der Waals surface area (Å²) in [5, 5.41) is 7.61. The number of benzene rings is 2. The smallest absolute Gasteiger partial charge is 0.275 e. The summed E-state index contributed by atoms with van der Waals surface area (Å²) >= 11 is 1.22. The molecule has 2 heterocycles. The van der Waals surface area contributed by atoms with Gasteiger partial charge in [-0.3, -0.25) is 14.6 Å². The fourth-order valence-electron chi connectivity index (χ4n) is 3.02. The van der Waals surface area contributed by atoms with Gasteiger partial charge in [-0.25, -0.2) is 4.98 Å². The van der Waals surface area contributed by atoms with E-state index in [0.717, 1.165) is 17.5 Å². The number of thiazole rings is 1. The van der Waals surface area contributed by atoms with E-state index in [2.05, 4.69) is 20.6 Å². The first kappa shape index (κ1) is 20.4. The van der Waals surface area contributed by atoms with Gasteiger partial charge >= 0.3 is 0 Å². The van der Waals surface area contributed by atoms with Crippen LogP contribution in [0.2, 0.25) is 0 Å². The minimum absolute atomic E-state index is 0.169. The molecule has 2 aromatic heterocycles. The highest BCUT2D eigenvalue weighted by molar-refractivity contribution is 7.14. The minimum Gasteiger partial charge on any atom is -0.321 e. The van der Waals surface area contributed by atoms with Crippen LogP contribution in [0.4, 0.5) is 10.8 Å². The summed E-state index contributed by atoms with van der Waals surface area (Å²) in [5.41, 5.74) is 4.19. The molecule has 0 fully saturated rings. The molecule has 2 aromatic carbocycles. The molecule has 0 spiro atoms. The van der Waals surface area contributed by atoms with Gasteiger partial charge in [-0.2, -0.15) is 0 Å². The molecule has 0 unspecified atom stereocenters. The van der Waals surface area contributed by atoms with Crippen LogP contribution in [-0.4, -0.2) is 21.8 Å². The zero-order valence-corrected chi connectivity index (χ0v) is 17.4. The van der Waals surface area contributed by atoms with Gasteiger partial charge in [-0.15, -0.1) is 11.3 Å². The van der Waals surface area contributed by atoms with Gasteiger partial charge < -0.3 is 10.6 Å². The molecule has 6 nitrogen and oxygen atoms in total. The summed E-state index contributed by atoms with van der Waals surface area (Å²) in [4.78, 5) is 32.9. The molecule has 0 atom stereocenters. The maximum absolute atomic E-state index is 12.5. The van der Waals surface area contributed by atoms with Crippen molar-refractivity contribution in [3.8, 4) is 0 Å². The van der Waals surface area contributed by atoms with Crippen LogP contribution >= 0.6 is 11.3 Å². The van der Waals surface area contributed by atoms with Crippen molar-refractivity contribution in [2.45, 2.75) is 12.8 Å². The van der Waals surface area contributed by atoms with E-state index in [1.165, 1.54) is 16.9 Å². The molecule has 2 N–H and O–H groups in total. The Morgan fingerprint density at radius 2 is 1.52 bits per heavy atom. The van der Waals surface area contributed by atoms with Crippen molar-refractivity contribution in [2.24, 2.45) is 0 Å². The number of hydrogen-bond donors (Lipinski definition) is 2. The number of amides is 2. The molecule has 0 aliphatic heterocycles. The van der Waals surface area contributed by atoms with Gasteiger partial charge in [0, 0.05) is 23.5 Å². The molecule has 31 heavy (non-hydrogen) atoms. The first-order chi connectivity index (χ1) is 15.2. The molecular weight excluding hydrogens is 408 g/mol. The highest BCUT2D eigenvalue weighted by Gasteiger charge is 2.13.